The number of fused-ring (bicyclic) bond motifs is 1. The maximum absolute atomic E-state index is 13.3. The van der Waals surface area contributed by atoms with Gasteiger partial charge in [-0.05, 0) is 80.8 Å². The Hall–Kier alpha value is -6.36. The highest BCUT2D eigenvalue weighted by atomic mass is 32.2. The minimum absolute atomic E-state index is 0.0725. The predicted octanol–water partition coefficient (Wildman–Crippen LogP) is 4.75. The highest BCUT2D eigenvalue weighted by molar-refractivity contribution is 7.72. The molecule has 0 aliphatic carbocycles. The molecule has 1 aromatic heterocycles. The number of piperazine rings is 1. The van der Waals surface area contributed by atoms with Gasteiger partial charge in [0, 0.05) is 80.1 Å². The molecular formula is C42H47N9O7S. The molecule has 2 fully saturated rings. The molecule has 0 bridgehead atoms. The van der Waals surface area contributed by atoms with Gasteiger partial charge in [-0.15, -0.1) is 0 Å². The van der Waals surface area contributed by atoms with Crippen LogP contribution in [-0.4, -0.2) is 96.5 Å². The number of aryl methyl sites for hydroxylation is 1. The second-order valence-electron chi connectivity index (χ2n) is 14.8. The third kappa shape index (κ3) is 9.68. The number of imide groups is 2. The van der Waals surface area contributed by atoms with E-state index in [0.717, 1.165) is 67.0 Å². The Balaban J connectivity index is 0.788. The fourth-order valence-corrected chi connectivity index (χ4v) is 7.99. The molecule has 4 aromatic rings. The number of thiol groups is 1. The topological polar surface area (TPSA) is 203 Å². The largest absolute Gasteiger partial charge is 0.384 e. The average Bonchev–Trinajstić information content (AvgIpc) is 3.49. The van der Waals surface area contributed by atoms with Crippen molar-refractivity contribution in [3.63, 3.8) is 0 Å². The van der Waals surface area contributed by atoms with Crippen molar-refractivity contribution in [2.75, 3.05) is 53.6 Å². The zero-order valence-corrected chi connectivity index (χ0v) is 33.6. The summed E-state index contributed by atoms with van der Waals surface area (Å²) in [6.07, 6.45) is 6.91. The van der Waals surface area contributed by atoms with Gasteiger partial charge in [-0.3, -0.25) is 34.2 Å². The van der Waals surface area contributed by atoms with E-state index in [4.69, 9.17) is 0 Å². The number of hydrogen-bond acceptors (Lipinski definition) is 13. The van der Waals surface area contributed by atoms with Crippen LogP contribution in [-0.2, 0) is 25.1 Å². The molecule has 59 heavy (non-hydrogen) atoms. The van der Waals surface area contributed by atoms with Crippen LogP contribution in [0, 0.1) is 6.92 Å². The van der Waals surface area contributed by atoms with Gasteiger partial charge in [0.2, 0.25) is 23.7 Å². The summed E-state index contributed by atoms with van der Waals surface area (Å²) < 4.78 is 22.8. The van der Waals surface area contributed by atoms with Crippen molar-refractivity contribution in [1.29, 1.82) is 0 Å². The molecule has 4 N–H and O–H groups in total. The van der Waals surface area contributed by atoms with Crippen LogP contribution in [0.25, 0.3) is 0 Å². The van der Waals surface area contributed by atoms with E-state index in [0.29, 0.717) is 49.2 Å². The third-order valence-electron chi connectivity index (χ3n) is 10.8. The first-order valence-corrected chi connectivity index (χ1v) is 21.1. The van der Waals surface area contributed by atoms with Crippen molar-refractivity contribution in [1.82, 2.24) is 25.1 Å². The lowest BCUT2D eigenvalue weighted by molar-refractivity contribution is -0.136. The van der Waals surface area contributed by atoms with E-state index < -0.39 is 40.4 Å². The van der Waals surface area contributed by atoms with Crippen LogP contribution in [0.5, 0.6) is 0 Å². The number of anilines is 6. The highest BCUT2D eigenvalue weighted by Gasteiger charge is 2.45. The monoisotopic (exact) mass is 821 g/mol. The molecule has 4 heterocycles. The number of carbonyl (C=O) groups is 5. The number of nitrogens with one attached hydrogen (secondary N) is 4. The molecule has 3 aliphatic rings. The van der Waals surface area contributed by atoms with E-state index in [1.807, 2.05) is 36.1 Å². The van der Waals surface area contributed by atoms with Gasteiger partial charge in [-0.1, -0.05) is 31.4 Å². The minimum atomic E-state index is -2.69. The third-order valence-corrected chi connectivity index (χ3v) is 11.5. The molecule has 17 heteroatoms. The Morgan fingerprint density at radius 3 is 2.36 bits per heavy atom. The van der Waals surface area contributed by atoms with Crippen LogP contribution in [0.3, 0.4) is 0 Å². The van der Waals surface area contributed by atoms with Gasteiger partial charge in [0.25, 0.3) is 11.8 Å². The maximum Gasteiger partial charge on any atom is 0.264 e. The molecule has 0 saturated carbocycles. The van der Waals surface area contributed by atoms with E-state index in [-0.39, 0.29) is 34.8 Å². The summed E-state index contributed by atoms with van der Waals surface area (Å²) in [5.74, 6) is -0.958. The van der Waals surface area contributed by atoms with Gasteiger partial charge in [0.1, 0.15) is 11.9 Å². The summed E-state index contributed by atoms with van der Waals surface area (Å²) in [6, 6.07) is 18.6. The smallest absolute Gasteiger partial charge is 0.264 e. The van der Waals surface area contributed by atoms with Crippen LogP contribution < -0.4 is 26.2 Å². The van der Waals surface area contributed by atoms with Gasteiger partial charge >= 0.3 is 0 Å². The second kappa shape index (κ2) is 18.5. The van der Waals surface area contributed by atoms with Crippen molar-refractivity contribution in [3.05, 3.63) is 89.6 Å². The SMILES string of the molecule is Cc1cnc(Nc2ccc(N3CCN(C(=O)CCCCCCCNc4cccc5c4C(=O)N(C4CCC(=O)NC4=O)C5=O)CC3)cc2)nc1Nc1cccc([SH](=O)=O)c1. The molecule has 1 unspecified atom stereocenters. The summed E-state index contributed by atoms with van der Waals surface area (Å²) in [4.78, 5) is 77.7. The van der Waals surface area contributed by atoms with Gasteiger partial charge in [0.05, 0.1) is 16.0 Å². The Bertz CT molecular complexity index is 2320. The summed E-state index contributed by atoms with van der Waals surface area (Å²) in [6.45, 7) is 5.27. The van der Waals surface area contributed by atoms with Crippen LogP contribution in [0.2, 0.25) is 0 Å². The number of aromatic nitrogens is 2. The predicted molar refractivity (Wildman–Crippen MR) is 223 cm³/mol. The lowest BCUT2D eigenvalue weighted by Gasteiger charge is -2.36. The number of rotatable bonds is 16. The van der Waals surface area contributed by atoms with E-state index in [1.165, 1.54) is 6.07 Å². The van der Waals surface area contributed by atoms with Crippen LogP contribution >= 0.6 is 0 Å². The molecular weight excluding hydrogens is 775 g/mol. The number of hydrogen-bond donors (Lipinski definition) is 5. The first-order chi connectivity index (χ1) is 28.5. The van der Waals surface area contributed by atoms with E-state index >= 15 is 0 Å². The average molecular weight is 822 g/mol. The standard InChI is InChI=1S/C42H47N9O7S/c1-27-26-44-42(48-38(27)45-29-9-7-10-31(25-29)59(57)58)46-28-14-16-30(17-15-28)49-21-23-50(24-22-49)36(53)13-5-3-2-4-6-20-43-33-12-8-11-32-37(33)41(56)51(40(32)55)34-18-19-35(52)47-39(34)54/h7-12,14-17,25-26,34,43,59H,2-6,13,18-24H2,1H3,(H,47,52,54)(H2,44,45,46,48). The number of piperidine rings is 1. The number of unbranched alkanes of at least 4 members (excludes halogenated alkanes) is 4. The zero-order valence-electron chi connectivity index (χ0n) is 32.7. The molecule has 3 aromatic carbocycles. The van der Waals surface area contributed by atoms with Crippen molar-refractivity contribution in [2.24, 2.45) is 0 Å². The molecule has 5 amide bonds. The zero-order chi connectivity index (χ0) is 41.5. The quantitative estimate of drug-likeness (QED) is 0.0590. The van der Waals surface area contributed by atoms with E-state index in [9.17, 15) is 32.4 Å². The number of nitrogens with zero attached hydrogens (tertiary/aromatic N) is 5. The molecule has 308 valence electrons. The first kappa shape index (κ1) is 40.8. The molecule has 2 saturated heterocycles. The van der Waals surface area contributed by atoms with Gasteiger partial charge < -0.3 is 25.8 Å². The van der Waals surface area contributed by atoms with Gasteiger partial charge in [-0.2, -0.15) is 4.98 Å². The lowest BCUT2D eigenvalue weighted by atomic mass is 10.0. The Kier molecular flexibility index (Phi) is 12.8. The Labute approximate surface area is 343 Å². The summed E-state index contributed by atoms with van der Waals surface area (Å²) in [5, 5.41) is 11.9. The molecule has 3 aliphatic heterocycles. The second-order valence-corrected chi connectivity index (χ2v) is 15.8. The van der Waals surface area contributed by atoms with Crippen LogP contribution in [0.4, 0.5) is 34.5 Å². The Morgan fingerprint density at radius 1 is 0.847 bits per heavy atom. The lowest BCUT2D eigenvalue weighted by Crippen LogP contribution is -2.54. The molecule has 1 atom stereocenters. The maximum atomic E-state index is 13.3. The summed E-state index contributed by atoms with van der Waals surface area (Å²) >= 11 is 0. The molecule has 0 spiro atoms. The van der Waals surface area contributed by atoms with Gasteiger partial charge in [0.15, 0.2) is 10.7 Å². The molecule has 7 rings (SSSR count). The highest BCUT2D eigenvalue weighted by Crippen LogP contribution is 2.32. The molecule has 0 radical (unpaired) electrons. The summed E-state index contributed by atoms with van der Waals surface area (Å²) in [7, 11) is -2.69. The van der Waals surface area contributed by atoms with Crippen LogP contribution in [0.15, 0.2) is 77.8 Å². The minimum Gasteiger partial charge on any atom is -0.384 e. The summed E-state index contributed by atoms with van der Waals surface area (Å²) in [5.41, 5.74) is 4.35. The fourth-order valence-electron chi connectivity index (χ4n) is 7.54. The fraction of sp³-hybridized carbons (Fsp3) is 0.357. The van der Waals surface area contributed by atoms with Crippen molar-refractivity contribution >= 4 is 74.8 Å². The molecule has 16 nitrogen and oxygen atoms in total. The number of amides is 5. The number of carbonyl (C=O) groups excluding carboxylic acids is 5. The van der Waals surface area contributed by atoms with Crippen molar-refractivity contribution < 1.29 is 32.4 Å². The van der Waals surface area contributed by atoms with Crippen molar-refractivity contribution in [2.45, 2.75) is 69.2 Å². The van der Waals surface area contributed by atoms with Crippen LogP contribution in [0.1, 0.15) is 77.6 Å². The van der Waals surface area contributed by atoms with Gasteiger partial charge in [-0.25, -0.2) is 13.4 Å². The normalized spacial score (nSPS) is 16.6. The van der Waals surface area contributed by atoms with Crippen molar-refractivity contribution in [3.8, 4) is 0 Å². The number of benzene rings is 3. The van der Waals surface area contributed by atoms with E-state index in [1.54, 1.807) is 42.6 Å². The first-order valence-electron chi connectivity index (χ1n) is 19.9. The Morgan fingerprint density at radius 2 is 1.59 bits per heavy atom. The van der Waals surface area contributed by atoms with E-state index in [2.05, 4.69) is 36.1 Å².